The van der Waals surface area contributed by atoms with Crippen LogP contribution in [0, 0.1) is 0 Å². The Morgan fingerprint density at radius 3 is 2.73 bits per heavy atom. The van der Waals surface area contributed by atoms with Crippen LogP contribution in [0.5, 0.6) is 5.75 Å². The lowest BCUT2D eigenvalue weighted by Gasteiger charge is -2.26. The van der Waals surface area contributed by atoms with Crippen LogP contribution in [0.4, 0.5) is 5.69 Å². The van der Waals surface area contributed by atoms with Gasteiger partial charge >= 0.3 is 0 Å². The fourth-order valence-corrected chi connectivity index (χ4v) is 3.94. The number of carbonyl (C=O) groups is 1. The highest BCUT2D eigenvalue weighted by Crippen LogP contribution is 2.40. The molecular weight excluding hydrogens is 364 g/mol. The number of benzene rings is 2. The van der Waals surface area contributed by atoms with E-state index in [0.717, 1.165) is 21.5 Å². The first kappa shape index (κ1) is 15.2. The van der Waals surface area contributed by atoms with E-state index >= 15 is 0 Å². The van der Waals surface area contributed by atoms with E-state index in [2.05, 4.69) is 21.4 Å². The number of thioether (sulfide) groups is 1. The highest BCUT2D eigenvalue weighted by Gasteiger charge is 2.33. The highest BCUT2D eigenvalue weighted by atomic mass is 79.9. The summed E-state index contributed by atoms with van der Waals surface area (Å²) in [6, 6.07) is 15.6. The molecule has 1 amide bonds. The number of methoxy groups -OCH3 is 1. The number of anilines is 1. The third kappa shape index (κ3) is 3.08. The van der Waals surface area contributed by atoms with Crippen molar-refractivity contribution in [3.05, 3.63) is 58.6 Å². The SMILES string of the molecule is COc1ccc([C@H]2SCC(=O)N2Nc2ccccc2)cc1Br. The third-order valence-corrected chi connectivity index (χ3v) is 5.18. The summed E-state index contributed by atoms with van der Waals surface area (Å²) in [4.78, 5) is 12.2. The minimum atomic E-state index is -0.0603. The molecule has 22 heavy (non-hydrogen) atoms. The molecule has 0 aromatic heterocycles. The van der Waals surface area contributed by atoms with Crippen LogP contribution in [0.2, 0.25) is 0 Å². The van der Waals surface area contributed by atoms with E-state index in [1.54, 1.807) is 23.9 Å². The van der Waals surface area contributed by atoms with Crippen LogP contribution in [-0.4, -0.2) is 23.8 Å². The van der Waals surface area contributed by atoms with Gasteiger partial charge in [0.25, 0.3) is 5.91 Å². The summed E-state index contributed by atoms with van der Waals surface area (Å²) < 4.78 is 6.14. The van der Waals surface area contributed by atoms with Crippen molar-refractivity contribution < 1.29 is 9.53 Å². The van der Waals surface area contributed by atoms with Gasteiger partial charge in [0.15, 0.2) is 0 Å². The van der Waals surface area contributed by atoms with E-state index in [1.807, 2.05) is 48.5 Å². The second-order valence-electron chi connectivity index (χ2n) is 4.80. The zero-order valence-corrected chi connectivity index (χ0v) is 14.4. The average molecular weight is 379 g/mol. The lowest BCUT2D eigenvalue weighted by atomic mass is 10.2. The molecule has 0 bridgehead atoms. The molecule has 1 saturated heterocycles. The Morgan fingerprint density at radius 1 is 1.27 bits per heavy atom. The van der Waals surface area contributed by atoms with Gasteiger partial charge in [0.2, 0.25) is 0 Å². The van der Waals surface area contributed by atoms with Crippen molar-refractivity contribution >= 4 is 39.3 Å². The van der Waals surface area contributed by atoms with Crippen LogP contribution in [0.3, 0.4) is 0 Å². The zero-order chi connectivity index (χ0) is 15.5. The number of hydrazine groups is 1. The maximum Gasteiger partial charge on any atom is 0.252 e. The summed E-state index contributed by atoms with van der Waals surface area (Å²) in [6.45, 7) is 0. The summed E-state index contributed by atoms with van der Waals surface area (Å²) >= 11 is 5.10. The zero-order valence-electron chi connectivity index (χ0n) is 12.0. The number of nitrogens with one attached hydrogen (secondary N) is 1. The maximum atomic E-state index is 12.2. The van der Waals surface area contributed by atoms with E-state index < -0.39 is 0 Å². The van der Waals surface area contributed by atoms with Gasteiger partial charge in [-0.25, -0.2) is 5.01 Å². The molecule has 0 aliphatic carbocycles. The molecule has 2 aromatic rings. The number of ether oxygens (including phenoxy) is 1. The van der Waals surface area contributed by atoms with Crippen molar-refractivity contribution in [3.8, 4) is 5.75 Å². The Labute approximate surface area is 141 Å². The van der Waals surface area contributed by atoms with Crippen LogP contribution in [0.25, 0.3) is 0 Å². The standard InChI is InChI=1S/C16H15BrN2O2S/c1-21-14-8-7-11(9-13(14)17)16-19(15(20)10-22-16)18-12-5-3-2-4-6-12/h2-9,16,18H,10H2,1H3/t16-/m1/s1. The topological polar surface area (TPSA) is 41.6 Å². The van der Waals surface area contributed by atoms with E-state index in [9.17, 15) is 4.79 Å². The van der Waals surface area contributed by atoms with E-state index in [4.69, 9.17) is 4.74 Å². The fourth-order valence-electron chi connectivity index (χ4n) is 2.28. The molecule has 0 radical (unpaired) electrons. The Bertz CT molecular complexity index is 681. The molecule has 2 aromatic carbocycles. The third-order valence-electron chi connectivity index (χ3n) is 3.35. The Morgan fingerprint density at radius 2 is 2.05 bits per heavy atom. The molecule has 1 fully saturated rings. The Balaban J connectivity index is 1.85. The molecular formula is C16H15BrN2O2S. The van der Waals surface area contributed by atoms with Gasteiger partial charge in [-0.1, -0.05) is 24.3 Å². The molecule has 1 atom stereocenters. The minimum absolute atomic E-state index is 0.0603. The Kier molecular flexibility index (Phi) is 4.59. The van der Waals surface area contributed by atoms with E-state index in [-0.39, 0.29) is 11.3 Å². The van der Waals surface area contributed by atoms with Gasteiger partial charge in [0.1, 0.15) is 11.1 Å². The molecule has 114 valence electrons. The predicted molar refractivity (Wildman–Crippen MR) is 92.8 cm³/mol. The monoisotopic (exact) mass is 378 g/mol. The van der Waals surface area contributed by atoms with E-state index in [0.29, 0.717) is 5.75 Å². The second-order valence-corrected chi connectivity index (χ2v) is 6.72. The van der Waals surface area contributed by atoms with Crippen molar-refractivity contribution in [2.75, 3.05) is 18.3 Å². The summed E-state index contributed by atoms with van der Waals surface area (Å²) in [5, 5.41) is 1.63. The number of hydrogen-bond donors (Lipinski definition) is 1. The van der Waals surface area contributed by atoms with Crippen LogP contribution in [0.1, 0.15) is 10.9 Å². The van der Waals surface area contributed by atoms with Gasteiger partial charge in [-0.05, 0) is 45.8 Å². The molecule has 0 unspecified atom stereocenters. The van der Waals surface area contributed by atoms with Crippen molar-refractivity contribution in [2.45, 2.75) is 5.37 Å². The summed E-state index contributed by atoms with van der Waals surface area (Å²) in [7, 11) is 1.64. The summed E-state index contributed by atoms with van der Waals surface area (Å²) in [6.07, 6.45) is 0. The first-order valence-corrected chi connectivity index (χ1v) is 8.62. The fraction of sp³-hybridized carbons (Fsp3) is 0.188. The number of hydrogen-bond acceptors (Lipinski definition) is 4. The first-order valence-electron chi connectivity index (χ1n) is 6.78. The number of halogens is 1. The van der Waals surface area contributed by atoms with Gasteiger partial charge in [-0.15, -0.1) is 11.8 Å². The molecule has 1 aliphatic heterocycles. The maximum absolute atomic E-state index is 12.2. The predicted octanol–water partition coefficient (Wildman–Crippen LogP) is 4.06. The highest BCUT2D eigenvalue weighted by molar-refractivity contribution is 9.10. The van der Waals surface area contributed by atoms with Gasteiger partial charge in [-0.2, -0.15) is 0 Å². The molecule has 1 N–H and O–H groups in total. The summed E-state index contributed by atoms with van der Waals surface area (Å²) in [5.41, 5.74) is 5.15. The largest absolute Gasteiger partial charge is 0.496 e. The summed E-state index contributed by atoms with van der Waals surface area (Å²) in [5.74, 6) is 1.32. The number of para-hydroxylation sites is 1. The second kappa shape index (κ2) is 6.62. The van der Waals surface area contributed by atoms with Gasteiger partial charge < -0.3 is 4.74 Å². The lowest BCUT2D eigenvalue weighted by Crippen LogP contribution is -2.33. The van der Waals surface area contributed by atoms with Gasteiger partial charge in [-0.3, -0.25) is 10.2 Å². The minimum Gasteiger partial charge on any atom is -0.496 e. The van der Waals surface area contributed by atoms with E-state index in [1.165, 1.54) is 0 Å². The molecule has 3 rings (SSSR count). The molecule has 4 nitrogen and oxygen atoms in total. The normalized spacial score (nSPS) is 17.6. The first-order chi connectivity index (χ1) is 10.7. The van der Waals surface area contributed by atoms with Crippen LogP contribution < -0.4 is 10.2 Å². The smallest absolute Gasteiger partial charge is 0.252 e. The number of nitrogens with zero attached hydrogens (tertiary/aromatic N) is 1. The molecule has 1 heterocycles. The van der Waals surface area contributed by atoms with Crippen molar-refractivity contribution in [1.82, 2.24) is 5.01 Å². The molecule has 6 heteroatoms. The molecule has 0 spiro atoms. The van der Waals surface area contributed by atoms with Crippen LogP contribution in [-0.2, 0) is 4.79 Å². The number of amides is 1. The Hall–Kier alpha value is -1.66. The quantitative estimate of drug-likeness (QED) is 0.870. The van der Waals surface area contributed by atoms with Crippen molar-refractivity contribution in [1.29, 1.82) is 0 Å². The van der Waals surface area contributed by atoms with Crippen molar-refractivity contribution in [2.24, 2.45) is 0 Å². The number of rotatable bonds is 4. The lowest BCUT2D eigenvalue weighted by molar-refractivity contribution is -0.126. The van der Waals surface area contributed by atoms with Gasteiger partial charge in [0, 0.05) is 0 Å². The molecule has 0 saturated carbocycles. The number of carbonyl (C=O) groups excluding carboxylic acids is 1. The molecule has 1 aliphatic rings. The van der Waals surface area contributed by atoms with Crippen molar-refractivity contribution in [3.63, 3.8) is 0 Å². The average Bonchev–Trinajstić information content (AvgIpc) is 2.89. The van der Waals surface area contributed by atoms with Crippen LogP contribution >= 0.6 is 27.7 Å². The van der Waals surface area contributed by atoms with Crippen LogP contribution in [0.15, 0.2) is 53.0 Å². The van der Waals surface area contributed by atoms with Gasteiger partial charge in [0.05, 0.1) is 23.0 Å².